The Morgan fingerprint density at radius 1 is 1.38 bits per heavy atom. The Morgan fingerprint density at radius 2 is 2.08 bits per heavy atom. The highest BCUT2D eigenvalue weighted by Gasteiger charge is 2.36. The predicted molar refractivity (Wildman–Crippen MR) is 83.8 cm³/mol. The average molecular weight is 331 g/mol. The third-order valence-corrected chi connectivity index (χ3v) is 3.99. The van der Waals surface area contributed by atoms with Crippen molar-refractivity contribution in [3.8, 4) is 0 Å². The van der Waals surface area contributed by atoms with Gasteiger partial charge in [0.1, 0.15) is 11.9 Å². The van der Waals surface area contributed by atoms with E-state index in [0.29, 0.717) is 24.3 Å². The molecule has 3 rings (SSSR count). The molecule has 0 radical (unpaired) electrons. The molecule has 2 heterocycles. The zero-order chi connectivity index (χ0) is 17.3. The fourth-order valence-electron chi connectivity index (χ4n) is 2.67. The quantitative estimate of drug-likeness (QED) is 0.936. The SMILES string of the molecule is CC(C)c1cc(C(=O)N2CCNC(=O)[C@H]2c2ccc(F)cc2)on1. The van der Waals surface area contributed by atoms with Gasteiger partial charge >= 0.3 is 0 Å². The summed E-state index contributed by atoms with van der Waals surface area (Å²) >= 11 is 0. The number of hydrogen-bond acceptors (Lipinski definition) is 4. The van der Waals surface area contributed by atoms with Gasteiger partial charge in [0.25, 0.3) is 5.91 Å². The Labute approximate surface area is 138 Å². The van der Waals surface area contributed by atoms with Crippen LogP contribution >= 0.6 is 0 Å². The lowest BCUT2D eigenvalue weighted by Crippen LogP contribution is -2.52. The first-order valence-corrected chi connectivity index (χ1v) is 7.78. The predicted octanol–water partition coefficient (Wildman–Crippen LogP) is 2.25. The van der Waals surface area contributed by atoms with Gasteiger partial charge in [-0.25, -0.2) is 4.39 Å². The van der Waals surface area contributed by atoms with Crippen LogP contribution in [0.1, 0.15) is 47.6 Å². The lowest BCUT2D eigenvalue weighted by Gasteiger charge is -2.34. The lowest BCUT2D eigenvalue weighted by molar-refractivity contribution is -0.128. The summed E-state index contributed by atoms with van der Waals surface area (Å²) in [6, 6.07) is 6.33. The number of amides is 2. The number of hydrogen-bond donors (Lipinski definition) is 1. The third kappa shape index (κ3) is 3.02. The van der Waals surface area contributed by atoms with Gasteiger partial charge in [0.15, 0.2) is 0 Å². The second kappa shape index (κ2) is 6.43. The first kappa shape index (κ1) is 16.2. The number of nitrogens with one attached hydrogen (secondary N) is 1. The van der Waals surface area contributed by atoms with Gasteiger partial charge in [0.05, 0.1) is 5.69 Å². The second-order valence-electron chi connectivity index (χ2n) is 6.01. The maximum atomic E-state index is 13.1. The van der Waals surface area contributed by atoms with Crippen molar-refractivity contribution in [2.24, 2.45) is 0 Å². The summed E-state index contributed by atoms with van der Waals surface area (Å²) in [4.78, 5) is 26.5. The van der Waals surface area contributed by atoms with Gasteiger partial charge in [-0.1, -0.05) is 31.1 Å². The monoisotopic (exact) mass is 331 g/mol. The third-order valence-electron chi connectivity index (χ3n) is 3.99. The van der Waals surface area contributed by atoms with Crippen molar-refractivity contribution in [3.05, 3.63) is 53.2 Å². The first-order chi connectivity index (χ1) is 11.5. The smallest absolute Gasteiger partial charge is 0.293 e. The number of carbonyl (C=O) groups excluding carboxylic acids is 2. The van der Waals surface area contributed by atoms with Crippen molar-refractivity contribution in [2.75, 3.05) is 13.1 Å². The molecule has 7 heteroatoms. The average Bonchev–Trinajstić information content (AvgIpc) is 3.05. The molecule has 2 amide bonds. The van der Waals surface area contributed by atoms with Crippen molar-refractivity contribution < 1.29 is 18.5 Å². The van der Waals surface area contributed by atoms with E-state index >= 15 is 0 Å². The number of carbonyl (C=O) groups is 2. The van der Waals surface area contributed by atoms with Crippen LogP contribution in [0.5, 0.6) is 0 Å². The van der Waals surface area contributed by atoms with Gasteiger partial charge < -0.3 is 14.7 Å². The van der Waals surface area contributed by atoms with E-state index in [0.717, 1.165) is 0 Å². The molecule has 126 valence electrons. The molecule has 0 spiro atoms. The van der Waals surface area contributed by atoms with Gasteiger partial charge in [-0.3, -0.25) is 9.59 Å². The minimum Gasteiger partial charge on any atom is -0.352 e. The van der Waals surface area contributed by atoms with E-state index in [1.807, 2.05) is 13.8 Å². The molecule has 1 fully saturated rings. The van der Waals surface area contributed by atoms with Crippen molar-refractivity contribution in [1.82, 2.24) is 15.4 Å². The van der Waals surface area contributed by atoms with Crippen LogP contribution in [0, 0.1) is 5.82 Å². The Bertz CT molecular complexity index is 755. The van der Waals surface area contributed by atoms with Crippen molar-refractivity contribution in [3.63, 3.8) is 0 Å². The highest BCUT2D eigenvalue weighted by atomic mass is 19.1. The van der Waals surface area contributed by atoms with E-state index in [2.05, 4.69) is 10.5 Å². The van der Waals surface area contributed by atoms with Gasteiger partial charge in [-0.2, -0.15) is 0 Å². The van der Waals surface area contributed by atoms with E-state index in [-0.39, 0.29) is 17.6 Å². The van der Waals surface area contributed by atoms with Crippen LogP contribution in [0.3, 0.4) is 0 Å². The molecule has 1 atom stereocenters. The molecule has 2 aromatic rings. The molecule has 1 N–H and O–H groups in total. The van der Waals surface area contributed by atoms with Gasteiger partial charge in [0, 0.05) is 19.2 Å². The lowest BCUT2D eigenvalue weighted by atomic mass is 10.0. The molecule has 24 heavy (non-hydrogen) atoms. The zero-order valence-corrected chi connectivity index (χ0v) is 13.5. The van der Waals surface area contributed by atoms with Gasteiger partial charge in [-0.05, 0) is 23.6 Å². The topological polar surface area (TPSA) is 75.4 Å². The molecule has 1 saturated heterocycles. The van der Waals surface area contributed by atoms with Crippen LogP contribution in [0.4, 0.5) is 4.39 Å². The molecule has 0 bridgehead atoms. The van der Waals surface area contributed by atoms with E-state index in [4.69, 9.17) is 4.52 Å². The highest BCUT2D eigenvalue weighted by Crippen LogP contribution is 2.26. The van der Waals surface area contributed by atoms with Gasteiger partial charge in [0.2, 0.25) is 11.7 Å². The van der Waals surface area contributed by atoms with Crippen molar-refractivity contribution in [1.29, 1.82) is 0 Å². The minimum absolute atomic E-state index is 0.0977. The fourth-order valence-corrected chi connectivity index (χ4v) is 2.67. The molecular weight excluding hydrogens is 313 g/mol. The summed E-state index contributed by atoms with van der Waals surface area (Å²) < 4.78 is 18.3. The second-order valence-corrected chi connectivity index (χ2v) is 6.01. The Hall–Kier alpha value is -2.70. The van der Waals surface area contributed by atoms with Crippen LogP contribution < -0.4 is 5.32 Å². The van der Waals surface area contributed by atoms with Crippen molar-refractivity contribution >= 4 is 11.8 Å². The normalized spacial score (nSPS) is 17.9. The minimum atomic E-state index is -0.820. The maximum Gasteiger partial charge on any atom is 0.293 e. The number of rotatable bonds is 3. The van der Waals surface area contributed by atoms with E-state index in [9.17, 15) is 14.0 Å². The van der Waals surface area contributed by atoms with Crippen LogP contribution in [-0.4, -0.2) is 35.0 Å². The summed E-state index contributed by atoms with van der Waals surface area (Å²) in [5.74, 6) is -0.874. The number of halogens is 1. The molecule has 1 aromatic heterocycles. The number of piperazine rings is 1. The van der Waals surface area contributed by atoms with E-state index in [1.54, 1.807) is 6.07 Å². The first-order valence-electron chi connectivity index (χ1n) is 7.78. The van der Waals surface area contributed by atoms with Crippen molar-refractivity contribution in [2.45, 2.75) is 25.8 Å². The molecular formula is C17H18FN3O3. The summed E-state index contributed by atoms with van der Waals surface area (Å²) in [5, 5.41) is 6.62. The Balaban J connectivity index is 1.91. The van der Waals surface area contributed by atoms with E-state index in [1.165, 1.54) is 29.2 Å². The molecule has 0 saturated carbocycles. The molecule has 1 aliphatic rings. The molecule has 6 nitrogen and oxygen atoms in total. The maximum absolute atomic E-state index is 13.1. The largest absolute Gasteiger partial charge is 0.352 e. The highest BCUT2D eigenvalue weighted by molar-refractivity contribution is 5.96. The Kier molecular flexibility index (Phi) is 4.33. The van der Waals surface area contributed by atoms with Crippen LogP contribution in [0.25, 0.3) is 0 Å². The van der Waals surface area contributed by atoms with E-state index < -0.39 is 17.8 Å². The molecule has 0 unspecified atom stereocenters. The zero-order valence-electron chi connectivity index (χ0n) is 13.5. The molecule has 0 aliphatic carbocycles. The van der Waals surface area contributed by atoms with Crippen LogP contribution in [-0.2, 0) is 4.79 Å². The number of nitrogens with zero attached hydrogens (tertiary/aromatic N) is 2. The van der Waals surface area contributed by atoms with Crippen LogP contribution in [0.2, 0.25) is 0 Å². The van der Waals surface area contributed by atoms with Gasteiger partial charge in [-0.15, -0.1) is 0 Å². The van der Waals surface area contributed by atoms with Crippen LogP contribution in [0.15, 0.2) is 34.9 Å². The Morgan fingerprint density at radius 3 is 2.71 bits per heavy atom. The summed E-state index contributed by atoms with van der Waals surface area (Å²) in [7, 11) is 0. The molecule has 1 aliphatic heterocycles. The fraction of sp³-hybridized carbons (Fsp3) is 0.353. The summed E-state index contributed by atoms with van der Waals surface area (Å²) in [6.07, 6.45) is 0. The molecule has 1 aromatic carbocycles. The number of aromatic nitrogens is 1. The summed E-state index contributed by atoms with van der Waals surface area (Å²) in [5.41, 5.74) is 1.23. The number of benzene rings is 1. The summed E-state index contributed by atoms with van der Waals surface area (Å²) in [6.45, 7) is 4.58. The standard InChI is InChI=1S/C17H18FN3O3/c1-10(2)13-9-14(24-20-13)17(23)21-8-7-19-16(22)15(21)11-3-5-12(18)6-4-11/h3-6,9-10,15H,7-8H2,1-2H3,(H,19,22)/t15-/m1/s1.